The Morgan fingerprint density at radius 1 is 0.962 bits per heavy atom. The maximum absolute atomic E-state index is 6.38. The average Bonchev–Trinajstić information content (AvgIpc) is 3.10. The van der Waals surface area contributed by atoms with E-state index in [9.17, 15) is 0 Å². The van der Waals surface area contributed by atoms with E-state index in [0.29, 0.717) is 0 Å². The smallest absolute Gasteiger partial charge is 0.0822 e. The predicted molar refractivity (Wildman–Crippen MR) is 109 cm³/mol. The van der Waals surface area contributed by atoms with Crippen LogP contribution < -0.4 is 0 Å². The quantitative estimate of drug-likeness (QED) is 0.790. The summed E-state index contributed by atoms with van der Waals surface area (Å²) in [4.78, 5) is 6.72. The topological polar surface area (TPSA) is 15.7 Å². The molecule has 1 atom stereocenters. The van der Waals surface area contributed by atoms with Crippen molar-refractivity contribution in [3.05, 3.63) is 58.3 Å². The number of morpholine rings is 1. The van der Waals surface area contributed by atoms with Crippen molar-refractivity contribution >= 4 is 11.3 Å². The molecule has 2 aliphatic heterocycles. The van der Waals surface area contributed by atoms with Gasteiger partial charge < -0.3 is 9.64 Å². The fraction of sp³-hybridized carbons (Fsp3) is 0.545. The van der Waals surface area contributed by atoms with E-state index in [1.807, 2.05) is 11.3 Å². The van der Waals surface area contributed by atoms with Crippen LogP contribution in [-0.2, 0) is 17.7 Å². The van der Waals surface area contributed by atoms with Gasteiger partial charge in [-0.25, -0.2) is 0 Å². The molecule has 4 rings (SSSR count). The van der Waals surface area contributed by atoms with Crippen LogP contribution in [0, 0.1) is 0 Å². The summed E-state index contributed by atoms with van der Waals surface area (Å²) in [5.74, 6) is 0. The van der Waals surface area contributed by atoms with E-state index in [0.717, 1.165) is 32.7 Å². The number of thiophene rings is 1. The summed E-state index contributed by atoms with van der Waals surface area (Å²) in [6.45, 7) is 7.67. The van der Waals surface area contributed by atoms with Crippen LogP contribution in [0.1, 0.15) is 29.7 Å². The molecular weight excluding hydrogens is 340 g/mol. The maximum atomic E-state index is 6.38. The predicted octanol–water partition coefficient (Wildman–Crippen LogP) is 4.05. The van der Waals surface area contributed by atoms with Gasteiger partial charge in [-0.3, -0.25) is 4.90 Å². The lowest BCUT2D eigenvalue weighted by atomic mass is 9.92. The summed E-state index contributed by atoms with van der Waals surface area (Å²) in [6.07, 6.45) is 4.78. The first-order valence-electron chi connectivity index (χ1n) is 9.96. The number of nitrogens with zero attached hydrogens (tertiary/aromatic N) is 2. The highest BCUT2D eigenvalue weighted by Crippen LogP contribution is 2.31. The largest absolute Gasteiger partial charge is 0.372 e. The number of likely N-dealkylation sites (tertiary alicyclic amines) is 1. The van der Waals surface area contributed by atoms with Gasteiger partial charge in [0.25, 0.3) is 0 Å². The van der Waals surface area contributed by atoms with Crippen molar-refractivity contribution < 1.29 is 4.74 Å². The molecular formula is C22H30N2OS. The molecule has 1 unspecified atom stereocenters. The molecule has 2 aliphatic rings. The van der Waals surface area contributed by atoms with Crippen LogP contribution in [0.5, 0.6) is 0 Å². The number of rotatable bonds is 5. The van der Waals surface area contributed by atoms with E-state index in [1.54, 1.807) is 0 Å². The lowest BCUT2D eigenvalue weighted by Crippen LogP contribution is -2.51. The van der Waals surface area contributed by atoms with Gasteiger partial charge in [0.1, 0.15) is 0 Å². The van der Waals surface area contributed by atoms with E-state index in [2.05, 4.69) is 57.6 Å². The summed E-state index contributed by atoms with van der Waals surface area (Å²) < 4.78 is 6.38. The van der Waals surface area contributed by atoms with Crippen LogP contribution >= 0.6 is 11.3 Å². The lowest BCUT2D eigenvalue weighted by Gasteiger charge is -2.42. The fourth-order valence-corrected chi connectivity index (χ4v) is 5.11. The van der Waals surface area contributed by atoms with E-state index < -0.39 is 0 Å². The summed E-state index contributed by atoms with van der Waals surface area (Å²) in [5.41, 5.74) is 1.53. The molecule has 0 N–H and O–H groups in total. The number of ether oxygens (including phenoxy) is 1. The summed E-state index contributed by atoms with van der Waals surface area (Å²) in [5, 5.41) is 2.18. The zero-order chi connectivity index (χ0) is 17.7. The Morgan fingerprint density at radius 2 is 1.88 bits per heavy atom. The van der Waals surface area contributed by atoms with E-state index in [1.165, 1.54) is 49.3 Å². The van der Waals surface area contributed by atoms with Gasteiger partial charge in [-0.1, -0.05) is 36.4 Å². The molecule has 1 aromatic carbocycles. The zero-order valence-corrected chi connectivity index (χ0v) is 16.4. The molecule has 1 aromatic heterocycles. The third-order valence-electron chi connectivity index (χ3n) is 5.84. The Balaban J connectivity index is 1.30. The van der Waals surface area contributed by atoms with Crippen molar-refractivity contribution in [1.29, 1.82) is 0 Å². The zero-order valence-electron chi connectivity index (χ0n) is 15.6. The van der Waals surface area contributed by atoms with Gasteiger partial charge in [-0.05, 0) is 49.2 Å². The van der Waals surface area contributed by atoms with Gasteiger partial charge in [0.2, 0.25) is 0 Å². The highest BCUT2D eigenvalue weighted by Gasteiger charge is 2.38. The molecule has 2 saturated heterocycles. The van der Waals surface area contributed by atoms with Gasteiger partial charge in [0.15, 0.2) is 0 Å². The molecule has 2 fully saturated rings. The minimum Gasteiger partial charge on any atom is -0.372 e. The highest BCUT2D eigenvalue weighted by atomic mass is 32.1. The summed E-state index contributed by atoms with van der Waals surface area (Å²) >= 11 is 1.87. The van der Waals surface area contributed by atoms with Gasteiger partial charge in [0, 0.05) is 37.6 Å². The molecule has 0 bridgehead atoms. The second-order valence-electron chi connectivity index (χ2n) is 7.75. The van der Waals surface area contributed by atoms with Crippen molar-refractivity contribution in [3.8, 4) is 0 Å². The second-order valence-corrected chi connectivity index (χ2v) is 8.78. The highest BCUT2D eigenvalue weighted by molar-refractivity contribution is 7.09. The first-order chi connectivity index (χ1) is 12.8. The minimum absolute atomic E-state index is 0.0804. The van der Waals surface area contributed by atoms with E-state index in [4.69, 9.17) is 4.74 Å². The molecule has 0 aliphatic carbocycles. The molecule has 0 amide bonds. The molecule has 2 aromatic rings. The molecule has 26 heavy (non-hydrogen) atoms. The lowest BCUT2D eigenvalue weighted by molar-refractivity contribution is -0.118. The van der Waals surface area contributed by atoms with Crippen molar-refractivity contribution in [3.63, 3.8) is 0 Å². The van der Waals surface area contributed by atoms with Gasteiger partial charge in [-0.2, -0.15) is 0 Å². The van der Waals surface area contributed by atoms with Crippen molar-refractivity contribution in [1.82, 2.24) is 9.80 Å². The molecule has 3 heterocycles. The summed E-state index contributed by atoms with van der Waals surface area (Å²) in [6, 6.07) is 15.3. The SMILES string of the molecule is c1ccc(CCN2CCCC3(CC2)CN(Cc2cccs2)CCO3)cc1. The van der Waals surface area contributed by atoms with E-state index >= 15 is 0 Å². The van der Waals surface area contributed by atoms with Crippen LogP contribution in [-0.4, -0.2) is 54.7 Å². The maximum Gasteiger partial charge on any atom is 0.0822 e. The number of hydrogen-bond donors (Lipinski definition) is 0. The average molecular weight is 371 g/mol. The monoisotopic (exact) mass is 370 g/mol. The minimum atomic E-state index is 0.0804. The molecule has 4 heteroatoms. The van der Waals surface area contributed by atoms with E-state index in [-0.39, 0.29) is 5.60 Å². The number of hydrogen-bond acceptors (Lipinski definition) is 4. The Bertz CT molecular complexity index is 660. The van der Waals surface area contributed by atoms with Gasteiger partial charge in [-0.15, -0.1) is 11.3 Å². The molecule has 3 nitrogen and oxygen atoms in total. The van der Waals surface area contributed by atoms with Crippen LogP contribution in [0.25, 0.3) is 0 Å². The Kier molecular flexibility index (Phi) is 6.05. The summed E-state index contributed by atoms with van der Waals surface area (Å²) in [7, 11) is 0. The molecule has 0 saturated carbocycles. The Hall–Kier alpha value is -1.20. The van der Waals surface area contributed by atoms with Gasteiger partial charge in [0.05, 0.1) is 12.2 Å². The second kappa shape index (κ2) is 8.66. The third-order valence-corrected chi connectivity index (χ3v) is 6.70. The van der Waals surface area contributed by atoms with Crippen molar-refractivity contribution in [2.45, 2.75) is 37.8 Å². The van der Waals surface area contributed by atoms with Gasteiger partial charge >= 0.3 is 0 Å². The Labute approximate surface area is 161 Å². The first-order valence-corrected chi connectivity index (χ1v) is 10.8. The van der Waals surface area contributed by atoms with Crippen LogP contribution in [0.15, 0.2) is 47.8 Å². The number of benzene rings is 1. The van der Waals surface area contributed by atoms with Crippen molar-refractivity contribution in [2.75, 3.05) is 39.3 Å². The normalized spacial score (nSPS) is 25.4. The van der Waals surface area contributed by atoms with Crippen LogP contribution in [0.3, 0.4) is 0 Å². The molecule has 140 valence electrons. The Morgan fingerprint density at radius 3 is 2.73 bits per heavy atom. The standard InChI is InChI=1S/C22H30N2OS/c1-2-6-20(7-3-1)9-13-23-12-5-10-22(11-14-23)19-24(15-16-25-22)18-21-8-4-17-26-21/h1-4,6-8,17H,5,9-16,18-19H2. The van der Waals surface area contributed by atoms with Crippen LogP contribution in [0.4, 0.5) is 0 Å². The first kappa shape index (κ1) is 18.2. The van der Waals surface area contributed by atoms with Crippen molar-refractivity contribution in [2.24, 2.45) is 0 Å². The molecule has 0 radical (unpaired) electrons. The fourth-order valence-electron chi connectivity index (χ4n) is 4.36. The van der Waals surface area contributed by atoms with Crippen LogP contribution in [0.2, 0.25) is 0 Å². The molecule has 1 spiro atoms. The third kappa shape index (κ3) is 4.74.